The fourth-order valence-electron chi connectivity index (χ4n) is 3.39. The second-order valence-corrected chi connectivity index (χ2v) is 7.14. The van der Waals surface area contributed by atoms with Crippen LogP contribution in [0.25, 0.3) is 0 Å². The number of carbonyl (C=O) groups excluding carboxylic acids is 3. The lowest BCUT2D eigenvalue weighted by molar-refractivity contribution is -0.151. The molecule has 0 unspecified atom stereocenters. The molecule has 2 aromatic carbocycles. The smallest absolute Gasteiger partial charge is 0.329 e. The largest absolute Gasteiger partial charge is 0.496 e. The quantitative estimate of drug-likeness (QED) is 0.567. The van der Waals surface area contributed by atoms with E-state index in [0.717, 1.165) is 16.0 Å². The van der Waals surface area contributed by atoms with Crippen LogP contribution in [0.4, 0.5) is 0 Å². The number of fused-ring (bicyclic) bond motifs is 1. The van der Waals surface area contributed by atoms with Gasteiger partial charge < -0.3 is 9.47 Å². The van der Waals surface area contributed by atoms with Crippen LogP contribution in [0, 0.1) is 12.8 Å². The van der Waals surface area contributed by atoms with Crippen molar-refractivity contribution in [1.29, 1.82) is 0 Å². The molecule has 0 N–H and O–H groups in total. The highest BCUT2D eigenvalue weighted by Gasteiger charge is 2.44. The Kier molecular flexibility index (Phi) is 5.49. The Hall–Kier alpha value is -3.15. The van der Waals surface area contributed by atoms with E-state index in [0.29, 0.717) is 16.9 Å². The molecule has 0 bridgehead atoms. The first-order valence-electron chi connectivity index (χ1n) is 9.12. The number of ether oxygens (including phenoxy) is 2. The van der Waals surface area contributed by atoms with Crippen LogP contribution in [0.3, 0.4) is 0 Å². The first kappa shape index (κ1) is 19.6. The van der Waals surface area contributed by atoms with Crippen molar-refractivity contribution >= 4 is 17.8 Å². The summed E-state index contributed by atoms with van der Waals surface area (Å²) in [4.78, 5) is 39.4. The predicted molar refractivity (Wildman–Crippen MR) is 103 cm³/mol. The molecule has 0 fully saturated rings. The molecule has 0 saturated heterocycles. The topological polar surface area (TPSA) is 72.9 Å². The molecular weight excluding hydrogens is 358 g/mol. The van der Waals surface area contributed by atoms with Crippen molar-refractivity contribution in [2.75, 3.05) is 7.11 Å². The summed E-state index contributed by atoms with van der Waals surface area (Å²) in [5, 5.41) is 0. The van der Waals surface area contributed by atoms with Gasteiger partial charge in [0.2, 0.25) is 0 Å². The standard InChI is InChI=1S/C22H23NO5/c1-13(2)19(23-20(24)16-7-5-6-8-17(16)21(23)25)22(26)28-12-15-11-14(3)9-10-18(15)27-4/h5-11,13,19H,12H2,1-4H3/t19-/m0/s1. The van der Waals surface area contributed by atoms with E-state index in [1.165, 1.54) is 0 Å². The van der Waals surface area contributed by atoms with Crippen molar-refractivity contribution in [2.45, 2.75) is 33.4 Å². The first-order valence-corrected chi connectivity index (χ1v) is 9.12. The van der Waals surface area contributed by atoms with Crippen molar-refractivity contribution in [3.8, 4) is 5.75 Å². The van der Waals surface area contributed by atoms with Gasteiger partial charge >= 0.3 is 5.97 Å². The van der Waals surface area contributed by atoms with Crippen LogP contribution >= 0.6 is 0 Å². The molecule has 0 radical (unpaired) electrons. The minimum atomic E-state index is -0.997. The Morgan fingerprint density at radius 1 is 1.04 bits per heavy atom. The highest BCUT2D eigenvalue weighted by Crippen LogP contribution is 2.28. The lowest BCUT2D eigenvalue weighted by Crippen LogP contribution is -2.48. The molecular formula is C22H23NO5. The number of hydrogen-bond acceptors (Lipinski definition) is 5. The Labute approximate surface area is 164 Å². The Morgan fingerprint density at radius 3 is 2.18 bits per heavy atom. The molecule has 1 aliphatic heterocycles. The maximum Gasteiger partial charge on any atom is 0.329 e. The maximum atomic E-state index is 12.9. The van der Waals surface area contributed by atoms with Gasteiger partial charge in [0, 0.05) is 5.56 Å². The molecule has 1 aliphatic rings. The number of amides is 2. The van der Waals surface area contributed by atoms with E-state index >= 15 is 0 Å². The number of rotatable bonds is 6. The van der Waals surface area contributed by atoms with Gasteiger partial charge in [0.1, 0.15) is 18.4 Å². The molecule has 3 rings (SSSR count). The van der Waals surface area contributed by atoms with E-state index in [2.05, 4.69) is 0 Å². The molecule has 0 aliphatic carbocycles. The van der Waals surface area contributed by atoms with Crippen molar-refractivity contribution in [3.05, 3.63) is 64.7 Å². The normalized spacial score (nSPS) is 14.2. The van der Waals surface area contributed by atoms with Crippen LogP contribution in [0.15, 0.2) is 42.5 Å². The van der Waals surface area contributed by atoms with Gasteiger partial charge in [-0.1, -0.05) is 37.6 Å². The third kappa shape index (κ3) is 3.50. The molecule has 0 saturated carbocycles. The zero-order chi connectivity index (χ0) is 20.4. The highest BCUT2D eigenvalue weighted by molar-refractivity contribution is 6.22. The van der Waals surface area contributed by atoms with Crippen molar-refractivity contribution in [2.24, 2.45) is 5.92 Å². The van der Waals surface area contributed by atoms with Gasteiger partial charge in [-0.15, -0.1) is 0 Å². The zero-order valence-electron chi connectivity index (χ0n) is 16.4. The van der Waals surface area contributed by atoms with Crippen molar-refractivity contribution in [1.82, 2.24) is 4.90 Å². The molecule has 0 spiro atoms. The lowest BCUT2D eigenvalue weighted by atomic mass is 10.0. The van der Waals surface area contributed by atoms with E-state index in [4.69, 9.17) is 9.47 Å². The molecule has 0 aromatic heterocycles. The van der Waals surface area contributed by atoms with Crippen LogP contribution in [0.5, 0.6) is 5.75 Å². The Balaban J connectivity index is 1.82. The SMILES string of the molecule is COc1ccc(C)cc1COC(=O)[C@H](C(C)C)N1C(=O)c2ccccc2C1=O. The first-order chi connectivity index (χ1) is 13.3. The molecule has 1 atom stereocenters. The molecule has 146 valence electrons. The molecule has 1 heterocycles. The van der Waals surface area contributed by atoms with Crippen LogP contribution < -0.4 is 4.74 Å². The summed E-state index contributed by atoms with van der Waals surface area (Å²) in [6.07, 6.45) is 0. The van der Waals surface area contributed by atoms with Gasteiger partial charge in [-0.2, -0.15) is 0 Å². The van der Waals surface area contributed by atoms with Gasteiger partial charge in [0.05, 0.1) is 18.2 Å². The minimum Gasteiger partial charge on any atom is -0.496 e. The van der Waals surface area contributed by atoms with Gasteiger partial charge in [0.15, 0.2) is 0 Å². The van der Waals surface area contributed by atoms with Crippen molar-refractivity contribution < 1.29 is 23.9 Å². The van der Waals surface area contributed by atoms with Crippen LogP contribution in [0.2, 0.25) is 0 Å². The second kappa shape index (κ2) is 7.84. The van der Waals surface area contributed by atoms with E-state index in [1.807, 2.05) is 25.1 Å². The van der Waals surface area contributed by atoms with E-state index in [-0.39, 0.29) is 12.5 Å². The Bertz CT molecular complexity index is 899. The number of carbonyl (C=O) groups is 3. The number of nitrogens with zero attached hydrogens (tertiary/aromatic N) is 1. The number of aryl methyl sites for hydroxylation is 1. The average molecular weight is 381 g/mol. The fraction of sp³-hybridized carbons (Fsp3) is 0.318. The van der Waals surface area contributed by atoms with Gasteiger partial charge in [0.25, 0.3) is 11.8 Å². The second-order valence-electron chi connectivity index (χ2n) is 7.14. The Morgan fingerprint density at radius 2 is 1.64 bits per heavy atom. The third-order valence-corrected chi connectivity index (χ3v) is 4.78. The maximum absolute atomic E-state index is 12.9. The van der Waals surface area contributed by atoms with Crippen LogP contribution in [0.1, 0.15) is 45.7 Å². The van der Waals surface area contributed by atoms with Crippen LogP contribution in [-0.2, 0) is 16.1 Å². The molecule has 6 nitrogen and oxygen atoms in total. The van der Waals surface area contributed by atoms with Crippen molar-refractivity contribution in [3.63, 3.8) is 0 Å². The third-order valence-electron chi connectivity index (χ3n) is 4.78. The summed E-state index contributed by atoms with van der Waals surface area (Å²) in [7, 11) is 1.55. The summed E-state index contributed by atoms with van der Waals surface area (Å²) in [6.45, 7) is 5.49. The van der Waals surface area contributed by atoms with Gasteiger partial charge in [-0.25, -0.2) is 4.79 Å². The molecule has 28 heavy (non-hydrogen) atoms. The summed E-state index contributed by atoms with van der Waals surface area (Å²) < 4.78 is 10.8. The average Bonchev–Trinajstić information content (AvgIpc) is 2.92. The molecule has 2 aromatic rings. The van der Waals surface area contributed by atoms with Crippen LogP contribution in [-0.4, -0.2) is 35.8 Å². The minimum absolute atomic E-state index is 0.00389. The summed E-state index contributed by atoms with van der Waals surface area (Å²) in [5.41, 5.74) is 2.35. The predicted octanol–water partition coefficient (Wildman–Crippen LogP) is 3.37. The van der Waals surface area contributed by atoms with Gasteiger partial charge in [-0.3, -0.25) is 14.5 Å². The summed E-state index contributed by atoms with van der Waals surface area (Å²) in [5.74, 6) is -1.24. The number of methoxy groups -OCH3 is 1. The lowest BCUT2D eigenvalue weighted by Gasteiger charge is -2.27. The fourth-order valence-corrected chi connectivity index (χ4v) is 3.39. The number of benzene rings is 2. The van der Waals surface area contributed by atoms with E-state index in [1.54, 1.807) is 45.2 Å². The monoisotopic (exact) mass is 381 g/mol. The van der Waals surface area contributed by atoms with E-state index < -0.39 is 23.8 Å². The summed E-state index contributed by atoms with van der Waals surface area (Å²) >= 11 is 0. The van der Waals surface area contributed by atoms with E-state index in [9.17, 15) is 14.4 Å². The highest BCUT2D eigenvalue weighted by atomic mass is 16.5. The number of esters is 1. The zero-order valence-corrected chi connectivity index (χ0v) is 16.4. The molecule has 6 heteroatoms. The number of hydrogen-bond donors (Lipinski definition) is 0. The summed E-state index contributed by atoms with van der Waals surface area (Å²) in [6, 6.07) is 11.2. The van der Waals surface area contributed by atoms with Gasteiger partial charge in [-0.05, 0) is 37.1 Å². The molecule has 2 amide bonds. The number of imide groups is 1.